The summed E-state index contributed by atoms with van der Waals surface area (Å²) < 4.78 is 77.7. The van der Waals surface area contributed by atoms with Crippen LogP contribution in [-0.2, 0) is 29.2 Å². The van der Waals surface area contributed by atoms with Crippen molar-refractivity contribution in [3.63, 3.8) is 0 Å². The van der Waals surface area contributed by atoms with E-state index >= 15 is 0 Å². The summed E-state index contributed by atoms with van der Waals surface area (Å²) in [6.07, 6.45) is -4.26. The molecule has 1 aliphatic rings. The van der Waals surface area contributed by atoms with Crippen molar-refractivity contribution < 1.29 is 30.8 Å². The highest BCUT2D eigenvalue weighted by atomic mass is 32.2. The van der Waals surface area contributed by atoms with E-state index in [4.69, 9.17) is 0 Å². The molecule has 0 spiro atoms. The molecule has 0 aliphatic carbocycles. The van der Waals surface area contributed by atoms with Crippen LogP contribution < -0.4 is 10.0 Å². The lowest BCUT2D eigenvalue weighted by atomic mass is 9.98. The molecule has 1 aromatic heterocycles. The summed E-state index contributed by atoms with van der Waals surface area (Å²) in [5.74, 6) is -1.75. The minimum absolute atomic E-state index is 0.0462. The topological polar surface area (TPSA) is 91.4 Å². The first-order valence-electron chi connectivity index (χ1n) is 9.92. The minimum Gasteiger partial charge on any atom is -0.355 e. The second-order valence-corrected chi connectivity index (χ2v) is 10.4. The van der Waals surface area contributed by atoms with Gasteiger partial charge in [0, 0.05) is 29.8 Å². The summed E-state index contributed by atoms with van der Waals surface area (Å²) in [7, 11) is -2.47. The average Bonchev–Trinajstić information content (AvgIpc) is 3.29. The number of halogens is 4. The Hall–Kier alpha value is -3.03. The Morgan fingerprint density at radius 3 is 2.50 bits per heavy atom. The van der Waals surface area contributed by atoms with E-state index in [0.717, 1.165) is 34.6 Å². The number of carbonyl (C=O) groups is 1. The summed E-state index contributed by atoms with van der Waals surface area (Å²) in [6, 6.07) is 7.89. The summed E-state index contributed by atoms with van der Waals surface area (Å²) >= 11 is 0.859. The first kappa shape index (κ1) is 24.1. The largest absolute Gasteiger partial charge is 0.419 e. The number of hydrogen-bond donors (Lipinski definition) is 2. The maximum atomic E-state index is 13.8. The van der Waals surface area contributed by atoms with Crippen LogP contribution in [0.1, 0.15) is 27.2 Å². The third-order valence-corrected chi connectivity index (χ3v) is 7.94. The Labute approximate surface area is 196 Å². The number of fused-ring (bicyclic) bond motifs is 1. The van der Waals surface area contributed by atoms with Crippen LogP contribution in [-0.4, -0.2) is 37.8 Å². The smallest absolute Gasteiger partial charge is 0.355 e. The van der Waals surface area contributed by atoms with Crippen molar-refractivity contribution >= 4 is 38.6 Å². The Morgan fingerprint density at radius 2 is 1.82 bits per heavy atom. The summed E-state index contributed by atoms with van der Waals surface area (Å²) in [5, 5.41) is 4.30. The van der Waals surface area contributed by atoms with Crippen LogP contribution in [0.5, 0.6) is 0 Å². The maximum Gasteiger partial charge on any atom is 0.419 e. The number of rotatable bonds is 5. The van der Waals surface area contributed by atoms with Crippen LogP contribution in [0, 0.1) is 5.82 Å². The number of benzene rings is 2. The molecule has 34 heavy (non-hydrogen) atoms. The number of nitrogens with one attached hydrogen (secondary N) is 2. The van der Waals surface area contributed by atoms with Gasteiger partial charge < -0.3 is 10.2 Å². The fraction of sp³-hybridized carbons (Fsp3) is 0.238. The van der Waals surface area contributed by atoms with E-state index in [9.17, 15) is 30.8 Å². The van der Waals surface area contributed by atoms with E-state index in [2.05, 4.69) is 15.0 Å². The summed E-state index contributed by atoms with van der Waals surface area (Å²) in [4.78, 5) is 18.3. The lowest BCUT2D eigenvalue weighted by Gasteiger charge is -2.28. The van der Waals surface area contributed by atoms with Gasteiger partial charge in [-0.15, -0.1) is 11.3 Å². The van der Waals surface area contributed by atoms with Crippen molar-refractivity contribution in [2.75, 3.05) is 18.9 Å². The van der Waals surface area contributed by atoms with Gasteiger partial charge in [0.15, 0.2) is 0 Å². The van der Waals surface area contributed by atoms with Crippen molar-refractivity contribution in [2.24, 2.45) is 0 Å². The van der Waals surface area contributed by atoms with E-state index in [0.29, 0.717) is 24.7 Å². The van der Waals surface area contributed by atoms with Crippen LogP contribution in [0.25, 0.3) is 0 Å². The van der Waals surface area contributed by atoms with Gasteiger partial charge in [0.1, 0.15) is 11.5 Å². The molecule has 3 aromatic rings. The Morgan fingerprint density at radius 1 is 1.12 bits per heavy atom. The highest BCUT2D eigenvalue weighted by molar-refractivity contribution is 7.91. The van der Waals surface area contributed by atoms with Gasteiger partial charge >= 0.3 is 6.18 Å². The van der Waals surface area contributed by atoms with Gasteiger partial charge in [-0.3, -0.25) is 4.79 Å². The zero-order valence-corrected chi connectivity index (χ0v) is 19.2. The number of amides is 1. The van der Waals surface area contributed by atoms with E-state index in [1.165, 1.54) is 12.4 Å². The molecular formula is C21H18F4N4O3S2. The second-order valence-electron chi connectivity index (χ2n) is 7.48. The standard InChI is InChI=1S/C21H18F4N4O3S2/c1-26-34(31,32)20-28-18(11-33-20)19(30)29-7-6-12-8-14(3-2-13(12)10-29)27-15-4-5-16(17(22)9-15)21(23,24)25/h2-5,8-9,11,26-27H,6-7,10H2,1H3. The predicted molar refractivity (Wildman–Crippen MR) is 118 cm³/mol. The Bertz CT molecular complexity index is 1360. The monoisotopic (exact) mass is 514 g/mol. The lowest BCUT2D eigenvalue weighted by Crippen LogP contribution is -2.36. The summed E-state index contributed by atoms with van der Waals surface area (Å²) in [5.41, 5.74) is 1.25. The Kier molecular flexibility index (Phi) is 6.36. The van der Waals surface area contributed by atoms with Gasteiger partial charge in [0.25, 0.3) is 15.9 Å². The van der Waals surface area contributed by atoms with Crippen LogP contribution in [0.2, 0.25) is 0 Å². The fourth-order valence-electron chi connectivity index (χ4n) is 3.52. The predicted octanol–water partition coefficient (Wildman–Crippen LogP) is 4.15. The molecular weight excluding hydrogens is 496 g/mol. The molecule has 7 nitrogen and oxygen atoms in total. The van der Waals surface area contributed by atoms with Gasteiger partial charge in [-0.25, -0.2) is 22.5 Å². The number of sulfonamides is 1. The number of carbonyl (C=O) groups excluding carboxylic acids is 1. The van der Waals surface area contributed by atoms with Crippen LogP contribution in [0.3, 0.4) is 0 Å². The normalized spacial score (nSPS) is 14.1. The van der Waals surface area contributed by atoms with E-state index in [1.54, 1.807) is 23.1 Å². The zero-order valence-electron chi connectivity index (χ0n) is 17.6. The molecule has 4 rings (SSSR count). The lowest BCUT2D eigenvalue weighted by molar-refractivity contribution is -0.139. The molecule has 0 saturated carbocycles. The van der Waals surface area contributed by atoms with Gasteiger partial charge in [-0.1, -0.05) is 6.07 Å². The molecule has 0 radical (unpaired) electrons. The van der Waals surface area contributed by atoms with Crippen molar-refractivity contribution in [1.29, 1.82) is 0 Å². The van der Waals surface area contributed by atoms with Crippen LogP contribution in [0.4, 0.5) is 28.9 Å². The first-order chi connectivity index (χ1) is 16.0. The molecule has 0 bridgehead atoms. The number of hydrogen-bond acceptors (Lipinski definition) is 6. The second kappa shape index (κ2) is 8.96. The highest BCUT2D eigenvalue weighted by Gasteiger charge is 2.34. The third kappa shape index (κ3) is 4.91. The van der Waals surface area contributed by atoms with Crippen LogP contribution in [0.15, 0.2) is 46.1 Å². The molecule has 13 heteroatoms. The molecule has 0 atom stereocenters. The Balaban J connectivity index is 1.47. The maximum absolute atomic E-state index is 13.8. The van der Waals surface area contributed by atoms with Gasteiger partial charge in [-0.05, 0) is 54.9 Å². The fourth-order valence-corrected chi connectivity index (χ4v) is 5.33. The molecule has 2 heterocycles. The number of thiazole rings is 1. The molecule has 2 N–H and O–H groups in total. The molecule has 180 valence electrons. The molecule has 2 aromatic carbocycles. The highest BCUT2D eigenvalue weighted by Crippen LogP contribution is 2.33. The zero-order chi connectivity index (χ0) is 24.7. The molecule has 0 unspecified atom stereocenters. The van der Waals surface area contributed by atoms with Gasteiger partial charge in [0.05, 0.1) is 5.56 Å². The van der Waals surface area contributed by atoms with Crippen molar-refractivity contribution in [2.45, 2.75) is 23.5 Å². The van der Waals surface area contributed by atoms with Crippen molar-refractivity contribution in [3.05, 3.63) is 70.0 Å². The number of alkyl halides is 3. The SMILES string of the molecule is CNS(=O)(=O)c1nc(C(=O)N2CCc3cc(Nc4ccc(C(F)(F)F)c(F)c4)ccc3C2)cs1. The van der Waals surface area contributed by atoms with E-state index in [-0.39, 0.29) is 28.2 Å². The van der Waals surface area contributed by atoms with Crippen molar-refractivity contribution in [3.8, 4) is 0 Å². The quantitative estimate of drug-likeness (QED) is 0.500. The first-order valence-corrected chi connectivity index (χ1v) is 12.3. The molecule has 1 amide bonds. The number of anilines is 2. The summed E-state index contributed by atoms with van der Waals surface area (Å²) in [6.45, 7) is 0.658. The van der Waals surface area contributed by atoms with E-state index < -0.39 is 27.6 Å². The van der Waals surface area contributed by atoms with Gasteiger partial charge in [0.2, 0.25) is 4.34 Å². The number of nitrogens with zero attached hydrogens (tertiary/aromatic N) is 2. The van der Waals surface area contributed by atoms with E-state index in [1.807, 2.05) is 0 Å². The van der Waals surface area contributed by atoms with Crippen molar-refractivity contribution in [1.82, 2.24) is 14.6 Å². The molecule has 0 fully saturated rings. The minimum atomic E-state index is -4.76. The molecule has 0 saturated heterocycles. The van der Waals surface area contributed by atoms with Gasteiger partial charge in [-0.2, -0.15) is 13.2 Å². The number of aromatic nitrogens is 1. The van der Waals surface area contributed by atoms with Crippen LogP contribution >= 0.6 is 11.3 Å². The third-order valence-electron chi connectivity index (χ3n) is 5.27. The molecule has 1 aliphatic heterocycles. The average molecular weight is 515 g/mol.